The van der Waals surface area contributed by atoms with Crippen LogP contribution in [0.5, 0.6) is 0 Å². The number of hydrogen-bond acceptors (Lipinski definition) is 8. The van der Waals surface area contributed by atoms with Gasteiger partial charge in [-0.05, 0) is 56.4 Å². The lowest BCUT2D eigenvalue weighted by Crippen LogP contribution is -2.35. The SMILES string of the molecule is CCN(CC)[C@@H](C)Cc1c(C(N)=O)cc(-c2cnn3ccc(-c4cccs4)nc23)nc1N[C@H]1CCOC1. The van der Waals surface area contributed by atoms with E-state index in [1.165, 1.54) is 0 Å². The van der Waals surface area contributed by atoms with Gasteiger partial charge in [0.1, 0.15) is 5.82 Å². The molecule has 1 aliphatic rings. The summed E-state index contributed by atoms with van der Waals surface area (Å²) in [4.78, 5) is 26.2. The van der Waals surface area contributed by atoms with Gasteiger partial charge in [0, 0.05) is 30.0 Å². The maximum Gasteiger partial charge on any atom is 0.249 e. The molecular formula is C27H33N7O2S. The summed E-state index contributed by atoms with van der Waals surface area (Å²) in [5, 5.41) is 10.1. The molecule has 5 rings (SSSR count). The maximum atomic E-state index is 12.8. The van der Waals surface area contributed by atoms with Crippen LogP contribution in [0.4, 0.5) is 5.82 Å². The molecule has 194 valence electrons. The number of rotatable bonds is 10. The topological polar surface area (TPSA) is 111 Å². The molecular weight excluding hydrogens is 486 g/mol. The molecule has 0 aromatic carbocycles. The van der Waals surface area contributed by atoms with Crippen molar-refractivity contribution in [2.45, 2.75) is 45.7 Å². The molecule has 9 nitrogen and oxygen atoms in total. The van der Waals surface area contributed by atoms with Crippen LogP contribution < -0.4 is 11.1 Å². The van der Waals surface area contributed by atoms with Gasteiger partial charge < -0.3 is 20.7 Å². The summed E-state index contributed by atoms with van der Waals surface area (Å²) in [5.41, 5.74) is 10.2. The molecule has 0 radical (unpaired) electrons. The summed E-state index contributed by atoms with van der Waals surface area (Å²) in [6.45, 7) is 9.63. The summed E-state index contributed by atoms with van der Waals surface area (Å²) >= 11 is 1.63. The van der Waals surface area contributed by atoms with E-state index in [-0.39, 0.29) is 12.1 Å². The van der Waals surface area contributed by atoms with Crippen LogP contribution in [-0.2, 0) is 11.2 Å². The zero-order chi connectivity index (χ0) is 25.9. The van der Waals surface area contributed by atoms with Crippen LogP contribution in [0.25, 0.3) is 27.5 Å². The molecule has 3 N–H and O–H groups in total. The van der Waals surface area contributed by atoms with Crippen LogP contribution in [-0.4, -0.2) is 68.8 Å². The Morgan fingerprint density at radius 1 is 1.30 bits per heavy atom. The summed E-state index contributed by atoms with van der Waals surface area (Å²) in [5.74, 6) is 0.203. The largest absolute Gasteiger partial charge is 0.379 e. The number of primary amides is 1. The minimum absolute atomic E-state index is 0.124. The van der Waals surface area contributed by atoms with Crippen LogP contribution in [0.3, 0.4) is 0 Å². The number of nitrogens with one attached hydrogen (secondary N) is 1. The number of amides is 1. The highest BCUT2D eigenvalue weighted by Crippen LogP contribution is 2.31. The number of anilines is 1. The number of carbonyl (C=O) groups excluding carboxylic acids is 1. The van der Waals surface area contributed by atoms with Crippen molar-refractivity contribution in [1.29, 1.82) is 0 Å². The van der Waals surface area contributed by atoms with Crippen LogP contribution in [0, 0.1) is 0 Å². The lowest BCUT2D eigenvalue weighted by Gasteiger charge is -2.28. The summed E-state index contributed by atoms with van der Waals surface area (Å²) in [6.07, 6.45) is 5.17. The Morgan fingerprint density at radius 2 is 2.14 bits per heavy atom. The molecule has 37 heavy (non-hydrogen) atoms. The fourth-order valence-electron chi connectivity index (χ4n) is 4.98. The molecule has 0 spiro atoms. The lowest BCUT2D eigenvalue weighted by molar-refractivity contribution is 0.0999. The van der Waals surface area contributed by atoms with Gasteiger partial charge in [-0.2, -0.15) is 5.10 Å². The van der Waals surface area contributed by atoms with E-state index in [0.29, 0.717) is 42.4 Å². The van der Waals surface area contributed by atoms with E-state index >= 15 is 0 Å². The predicted molar refractivity (Wildman–Crippen MR) is 147 cm³/mol. The first-order valence-corrected chi connectivity index (χ1v) is 13.7. The van der Waals surface area contributed by atoms with Gasteiger partial charge in [-0.15, -0.1) is 11.3 Å². The zero-order valence-electron chi connectivity index (χ0n) is 21.5. The Hall–Kier alpha value is -3.34. The lowest BCUT2D eigenvalue weighted by atomic mass is 9.98. The standard InChI is InChI=1S/C27H33N7O2S/c1-4-33(5-2)17(3)13-20-19(25(28)35)14-23(31-26(20)30-18-9-11-36-16-18)21-15-29-34-10-8-22(32-27(21)34)24-7-6-12-37-24/h6-8,10,12,14-15,17-18H,4-5,9,11,13,16H2,1-3H3,(H2,28,35)(H,30,31)/t17-,18-/m0/s1. The Morgan fingerprint density at radius 3 is 2.81 bits per heavy atom. The van der Waals surface area contributed by atoms with Gasteiger partial charge >= 0.3 is 0 Å². The van der Waals surface area contributed by atoms with Gasteiger partial charge in [0.15, 0.2) is 5.65 Å². The molecule has 1 fully saturated rings. The third-order valence-electron chi connectivity index (χ3n) is 7.01. The Kier molecular flexibility index (Phi) is 7.50. The van der Waals surface area contributed by atoms with Crippen LogP contribution in [0.2, 0.25) is 0 Å². The van der Waals surface area contributed by atoms with Crippen molar-refractivity contribution in [3.63, 3.8) is 0 Å². The number of thiophene rings is 1. The van der Waals surface area contributed by atoms with Crippen LogP contribution in [0.1, 0.15) is 43.1 Å². The fourth-order valence-corrected chi connectivity index (χ4v) is 5.68. The second kappa shape index (κ2) is 11.0. The van der Waals surface area contributed by atoms with Gasteiger partial charge in [-0.25, -0.2) is 14.5 Å². The monoisotopic (exact) mass is 519 g/mol. The first kappa shape index (κ1) is 25.3. The molecule has 0 aliphatic carbocycles. The van der Waals surface area contributed by atoms with E-state index in [9.17, 15) is 4.79 Å². The molecule has 0 saturated carbocycles. The first-order valence-electron chi connectivity index (χ1n) is 12.8. The molecule has 5 heterocycles. The van der Waals surface area contributed by atoms with Gasteiger partial charge in [-0.1, -0.05) is 19.9 Å². The molecule has 1 amide bonds. The number of aromatic nitrogens is 4. The molecule has 0 bridgehead atoms. The van der Waals surface area contributed by atoms with E-state index < -0.39 is 5.91 Å². The van der Waals surface area contributed by atoms with E-state index in [1.54, 1.807) is 28.1 Å². The second-order valence-corrected chi connectivity index (χ2v) is 10.3. The molecule has 4 aromatic rings. The minimum atomic E-state index is -0.472. The van der Waals surface area contributed by atoms with E-state index in [0.717, 1.165) is 41.2 Å². The van der Waals surface area contributed by atoms with E-state index in [1.807, 2.05) is 29.8 Å². The number of hydrogen-bond donors (Lipinski definition) is 2. The maximum absolute atomic E-state index is 12.8. The van der Waals surface area contributed by atoms with Crippen LogP contribution >= 0.6 is 11.3 Å². The van der Waals surface area contributed by atoms with Gasteiger partial charge in [0.2, 0.25) is 5.91 Å². The van der Waals surface area contributed by atoms with Gasteiger partial charge in [-0.3, -0.25) is 4.79 Å². The van der Waals surface area contributed by atoms with E-state index in [4.69, 9.17) is 20.4 Å². The molecule has 1 saturated heterocycles. The first-order chi connectivity index (χ1) is 18.0. The average molecular weight is 520 g/mol. The number of carbonyl (C=O) groups is 1. The Balaban J connectivity index is 1.63. The Bertz CT molecular complexity index is 1380. The number of likely N-dealkylation sites (N-methyl/N-ethyl adjacent to an activating group) is 1. The van der Waals surface area contributed by atoms with Crippen molar-refractivity contribution >= 4 is 28.7 Å². The Labute approximate surface area is 220 Å². The van der Waals surface area contributed by atoms with E-state index in [2.05, 4.69) is 36.1 Å². The third kappa shape index (κ3) is 5.22. The van der Waals surface area contributed by atoms with Crippen LogP contribution in [0.15, 0.2) is 42.0 Å². The van der Waals surface area contributed by atoms with Crippen molar-refractivity contribution in [3.05, 3.63) is 53.2 Å². The summed E-state index contributed by atoms with van der Waals surface area (Å²) in [7, 11) is 0. The van der Waals surface area contributed by atoms with Crippen molar-refractivity contribution < 1.29 is 9.53 Å². The quantitative estimate of drug-likeness (QED) is 0.325. The summed E-state index contributed by atoms with van der Waals surface area (Å²) < 4.78 is 7.33. The zero-order valence-corrected chi connectivity index (χ0v) is 22.3. The predicted octanol–water partition coefficient (Wildman–Crippen LogP) is 4.09. The van der Waals surface area contributed by atoms with Crippen molar-refractivity contribution in [1.82, 2.24) is 24.5 Å². The number of pyridine rings is 1. The molecule has 2 atom stereocenters. The third-order valence-corrected chi connectivity index (χ3v) is 7.91. The minimum Gasteiger partial charge on any atom is -0.379 e. The van der Waals surface area contributed by atoms with Crippen molar-refractivity contribution in [3.8, 4) is 21.8 Å². The second-order valence-electron chi connectivity index (χ2n) is 9.34. The van der Waals surface area contributed by atoms with Gasteiger partial charge in [0.05, 0.1) is 40.7 Å². The molecule has 1 aliphatic heterocycles. The fraction of sp³-hybridized carbons (Fsp3) is 0.407. The van der Waals surface area contributed by atoms with Crippen molar-refractivity contribution in [2.24, 2.45) is 5.73 Å². The average Bonchev–Trinajstić information content (AvgIpc) is 3.67. The number of fused-ring (bicyclic) bond motifs is 1. The number of nitrogens with zero attached hydrogens (tertiary/aromatic N) is 5. The molecule has 10 heteroatoms. The summed E-state index contributed by atoms with van der Waals surface area (Å²) in [6, 6.07) is 8.13. The molecule has 4 aromatic heterocycles. The van der Waals surface area contributed by atoms with Gasteiger partial charge in [0.25, 0.3) is 0 Å². The normalized spacial score (nSPS) is 16.5. The highest BCUT2D eigenvalue weighted by atomic mass is 32.1. The van der Waals surface area contributed by atoms with Crippen molar-refractivity contribution in [2.75, 3.05) is 31.6 Å². The highest BCUT2D eigenvalue weighted by molar-refractivity contribution is 7.13. The molecule has 0 unspecified atom stereocenters. The number of ether oxygens (including phenoxy) is 1. The number of nitrogens with two attached hydrogens (primary N) is 1. The smallest absolute Gasteiger partial charge is 0.249 e. The highest BCUT2D eigenvalue weighted by Gasteiger charge is 2.25.